The average molecular weight is 298 g/mol. The fourth-order valence-electron chi connectivity index (χ4n) is 3.41. The van der Waals surface area contributed by atoms with Crippen LogP contribution in [0.4, 0.5) is 0 Å². The summed E-state index contributed by atoms with van der Waals surface area (Å²) in [6.07, 6.45) is 5.36. The standard InChI is InChI=1S/C15H26N2O4/c1-2-7-16(11-15(19)20)10-14(18)17-8-9-21-13-6-4-3-5-12(13)17/h12-13H,2-11H2,1H3,(H,19,20). The second-order valence-electron chi connectivity index (χ2n) is 5.95. The van der Waals surface area contributed by atoms with Crippen molar-refractivity contribution in [1.29, 1.82) is 0 Å². The first-order valence-corrected chi connectivity index (χ1v) is 7.97. The van der Waals surface area contributed by atoms with Gasteiger partial charge in [0.05, 0.1) is 31.8 Å². The Morgan fingerprint density at radius 3 is 2.76 bits per heavy atom. The molecule has 1 aliphatic heterocycles. The van der Waals surface area contributed by atoms with E-state index in [0.29, 0.717) is 19.7 Å². The SMILES string of the molecule is CCCN(CC(=O)O)CC(=O)N1CCOC2CCCCC21. The van der Waals surface area contributed by atoms with Crippen molar-refractivity contribution < 1.29 is 19.4 Å². The van der Waals surface area contributed by atoms with E-state index in [4.69, 9.17) is 9.84 Å². The van der Waals surface area contributed by atoms with Gasteiger partial charge in [-0.1, -0.05) is 19.8 Å². The van der Waals surface area contributed by atoms with Crippen LogP contribution in [0, 0.1) is 0 Å². The van der Waals surface area contributed by atoms with Crippen LogP contribution in [0.15, 0.2) is 0 Å². The van der Waals surface area contributed by atoms with Crippen LogP contribution in [-0.2, 0) is 14.3 Å². The molecule has 6 nitrogen and oxygen atoms in total. The summed E-state index contributed by atoms with van der Waals surface area (Å²) >= 11 is 0. The minimum atomic E-state index is -0.881. The number of ether oxygens (including phenoxy) is 1. The van der Waals surface area contributed by atoms with Gasteiger partial charge in [-0.25, -0.2) is 0 Å². The molecule has 0 radical (unpaired) electrons. The lowest BCUT2D eigenvalue weighted by molar-refractivity contribution is -0.151. The zero-order valence-corrected chi connectivity index (χ0v) is 12.8. The quantitative estimate of drug-likeness (QED) is 0.790. The first-order valence-electron chi connectivity index (χ1n) is 7.97. The summed E-state index contributed by atoms with van der Waals surface area (Å²) in [4.78, 5) is 27.1. The number of hydrogen-bond donors (Lipinski definition) is 1. The van der Waals surface area contributed by atoms with E-state index in [2.05, 4.69) is 0 Å². The number of nitrogens with zero attached hydrogens (tertiary/aromatic N) is 2. The summed E-state index contributed by atoms with van der Waals surface area (Å²) in [5, 5.41) is 8.93. The molecular weight excluding hydrogens is 272 g/mol. The molecule has 21 heavy (non-hydrogen) atoms. The van der Waals surface area contributed by atoms with Crippen molar-refractivity contribution in [2.24, 2.45) is 0 Å². The van der Waals surface area contributed by atoms with Gasteiger partial charge >= 0.3 is 5.97 Å². The van der Waals surface area contributed by atoms with E-state index >= 15 is 0 Å². The predicted molar refractivity (Wildman–Crippen MR) is 78.1 cm³/mol. The number of hydrogen-bond acceptors (Lipinski definition) is 4. The highest BCUT2D eigenvalue weighted by Gasteiger charge is 2.36. The summed E-state index contributed by atoms with van der Waals surface area (Å²) in [7, 11) is 0. The molecule has 1 saturated carbocycles. The van der Waals surface area contributed by atoms with Crippen LogP contribution in [0.1, 0.15) is 39.0 Å². The predicted octanol–water partition coefficient (Wildman–Crippen LogP) is 0.953. The number of aliphatic carboxylic acids is 1. The molecule has 0 aromatic heterocycles. The highest BCUT2D eigenvalue weighted by molar-refractivity contribution is 5.79. The fraction of sp³-hybridized carbons (Fsp3) is 0.867. The third kappa shape index (κ3) is 4.41. The maximum atomic E-state index is 12.6. The molecular formula is C15H26N2O4. The molecule has 6 heteroatoms. The molecule has 1 saturated heterocycles. The topological polar surface area (TPSA) is 70.1 Å². The normalized spacial score (nSPS) is 25.7. The fourth-order valence-corrected chi connectivity index (χ4v) is 3.41. The van der Waals surface area contributed by atoms with Gasteiger partial charge in [0.2, 0.25) is 5.91 Å². The summed E-state index contributed by atoms with van der Waals surface area (Å²) in [5.41, 5.74) is 0. The average Bonchev–Trinajstić information content (AvgIpc) is 2.46. The second-order valence-corrected chi connectivity index (χ2v) is 5.95. The van der Waals surface area contributed by atoms with Crippen LogP contribution >= 0.6 is 0 Å². The summed E-state index contributed by atoms with van der Waals surface area (Å²) in [5.74, 6) is -0.835. The maximum Gasteiger partial charge on any atom is 0.317 e. The Balaban J connectivity index is 1.95. The lowest BCUT2D eigenvalue weighted by Crippen LogP contribution is -2.57. The van der Waals surface area contributed by atoms with Gasteiger partial charge in [-0.2, -0.15) is 0 Å². The van der Waals surface area contributed by atoms with E-state index in [9.17, 15) is 9.59 Å². The number of carbonyl (C=O) groups is 2. The van der Waals surface area contributed by atoms with Crippen LogP contribution in [0.2, 0.25) is 0 Å². The lowest BCUT2D eigenvalue weighted by atomic mass is 9.90. The van der Waals surface area contributed by atoms with Crippen molar-refractivity contribution in [2.75, 3.05) is 32.8 Å². The molecule has 2 rings (SSSR count). The van der Waals surface area contributed by atoms with Crippen molar-refractivity contribution in [2.45, 2.75) is 51.2 Å². The molecule has 0 spiro atoms. The first kappa shape index (κ1) is 16.2. The molecule has 1 amide bonds. The van der Waals surface area contributed by atoms with E-state index in [-0.39, 0.29) is 31.1 Å². The van der Waals surface area contributed by atoms with Crippen LogP contribution in [0.5, 0.6) is 0 Å². The van der Waals surface area contributed by atoms with Gasteiger partial charge in [-0.15, -0.1) is 0 Å². The molecule has 2 aliphatic rings. The van der Waals surface area contributed by atoms with Gasteiger partial charge in [-0.3, -0.25) is 14.5 Å². The molecule has 1 aliphatic carbocycles. The molecule has 0 aromatic rings. The largest absolute Gasteiger partial charge is 0.480 e. The Labute approximate surface area is 126 Å². The molecule has 2 unspecified atom stereocenters. The molecule has 0 aromatic carbocycles. The Hall–Kier alpha value is -1.14. The van der Waals surface area contributed by atoms with Crippen LogP contribution in [0.25, 0.3) is 0 Å². The molecule has 2 fully saturated rings. The summed E-state index contributed by atoms with van der Waals surface area (Å²) < 4.78 is 5.78. The zero-order valence-electron chi connectivity index (χ0n) is 12.8. The minimum absolute atomic E-state index is 0.0462. The smallest absolute Gasteiger partial charge is 0.317 e. The molecule has 120 valence electrons. The lowest BCUT2D eigenvalue weighted by Gasteiger charge is -2.44. The Kier molecular flexibility index (Phi) is 5.99. The van der Waals surface area contributed by atoms with Gasteiger partial charge in [0.15, 0.2) is 0 Å². The highest BCUT2D eigenvalue weighted by atomic mass is 16.5. The van der Waals surface area contributed by atoms with Crippen molar-refractivity contribution >= 4 is 11.9 Å². The summed E-state index contributed by atoms with van der Waals surface area (Å²) in [6, 6.07) is 0.188. The molecule has 0 bridgehead atoms. The number of morpholine rings is 1. The molecule has 1 N–H and O–H groups in total. The monoisotopic (exact) mass is 298 g/mol. The van der Waals surface area contributed by atoms with Crippen molar-refractivity contribution in [3.8, 4) is 0 Å². The van der Waals surface area contributed by atoms with Crippen molar-refractivity contribution in [1.82, 2.24) is 9.80 Å². The first-order chi connectivity index (χ1) is 10.1. The van der Waals surface area contributed by atoms with Gasteiger partial charge in [0.1, 0.15) is 0 Å². The van der Waals surface area contributed by atoms with Gasteiger partial charge < -0.3 is 14.7 Å². The number of carbonyl (C=O) groups excluding carboxylic acids is 1. The Morgan fingerprint density at radius 2 is 2.05 bits per heavy atom. The van der Waals surface area contributed by atoms with Gasteiger partial charge in [0, 0.05) is 6.54 Å². The Morgan fingerprint density at radius 1 is 1.29 bits per heavy atom. The minimum Gasteiger partial charge on any atom is -0.480 e. The van der Waals surface area contributed by atoms with Crippen LogP contribution < -0.4 is 0 Å². The van der Waals surface area contributed by atoms with E-state index in [1.165, 1.54) is 6.42 Å². The maximum absolute atomic E-state index is 12.6. The van der Waals surface area contributed by atoms with E-state index < -0.39 is 5.97 Å². The summed E-state index contributed by atoms with van der Waals surface area (Å²) in [6.45, 7) is 3.98. The molecule has 1 heterocycles. The molecule has 2 atom stereocenters. The highest BCUT2D eigenvalue weighted by Crippen LogP contribution is 2.28. The number of rotatable bonds is 6. The Bertz CT molecular complexity index is 373. The number of carboxylic acids is 1. The van der Waals surface area contributed by atoms with Crippen molar-refractivity contribution in [3.05, 3.63) is 0 Å². The third-order valence-corrected chi connectivity index (χ3v) is 4.31. The van der Waals surface area contributed by atoms with Crippen LogP contribution in [-0.4, -0.2) is 71.7 Å². The number of amides is 1. The second kappa shape index (κ2) is 7.75. The number of carboxylic acid groups (broad SMARTS) is 1. The van der Waals surface area contributed by atoms with Gasteiger partial charge in [0.25, 0.3) is 0 Å². The number of fused-ring (bicyclic) bond motifs is 1. The van der Waals surface area contributed by atoms with E-state index in [1.54, 1.807) is 4.90 Å². The third-order valence-electron chi connectivity index (χ3n) is 4.31. The zero-order chi connectivity index (χ0) is 15.2. The van der Waals surface area contributed by atoms with E-state index in [1.807, 2.05) is 11.8 Å². The van der Waals surface area contributed by atoms with E-state index in [0.717, 1.165) is 25.7 Å². The van der Waals surface area contributed by atoms with Crippen LogP contribution in [0.3, 0.4) is 0 Å². The van der Waals surface area contributed by atoms with Crippen molar-refractivity contribution in [3.63, 3.8) is 0 Å². The van der Waals surface area contributed by atoms with Gasteiger partial charge in [-0.05, 0) is 25.8 Å².